The average molecular weight is 370 g/mol. The van der Waals surface area contributed by atoms with Crippen LogP contribution in [0, 0.1) is 0 Å². The molecule has 2 aromatic carbocycles. The van der Waals surface area contributed by atoms with E-state index in [0.29, 0.717) is 13.2 Å². The van der Waals surface area contributed by atoms with Crippen LogP contribution in [0.4, 0.5) is 0 Å². The summed E-state index contributed by atoms with van der Waals surface area (Å²) in [5, 5.41) is 0. The summed E-state index contributed by atoms with van der Waals surface area (Å²) < 4.78 is 28.8. The van der Waals surface area contributed by atoms with Gasteiger partial charge in [0.2, 0.25) is 12.1 Å². The molecule has 5 atom stereocenters. The summed E-state index contributed by atoms with van der Waals surface area (Å²) in [6, 6.07) is 19.3. The topological polar surface area (TPSA) is 63.2 Å². The molecule has 0 radical (unpaired) electrons. The van der Waals surface area contributed by atoms with Gasteiger partial charge in [0, 0.05) is 12.7 Å². The second-order valence-electron chi connectivity index (χ2n) is 6.54. The first-order valence-corrected chi connectivity index (χ1v) is 8.96. The monoisotopic (exact) mass is 370 g/mol. The number of ketones is 1. The van der Waals surface area contributed by atoms with Crippen molar-refractivity contribution in [1.29, 1.82) is 0 Å². The van der Waals surface area contributed by atoms with Crippen LogP contribution < -0.4 is 0 Å². The highest BCUT2D eigenvalue weighted by atomic mass is 16.7. The molecule has 0 bridgehead atoms. The number of carbonyl (C=O) groups excluding carboxylic acids is 1. The smallest absolute Gasteiger partial charge is 0.220 e. The van der Waals surface area contributed by atoms with Gasteiger partial charge < -0.3 is 23.7 Å². The molecule has 0 N–H and O–H groups in total. The molecule has 2 fully saturated rings. The van der Waals surface area contributed by atoms with Crippen LogP contribution in [0.1, 0.15) is 17.4 Å². The first kappa shape index (κ1) is 18.3. The molecule has 0 amide bonds. The predicted octanol–water partition coefficient (Wildman–Crippen LogP) is 2.63. The predicted molar refractivity (Wildman–Crippen MR) is 95.7 cm³/mol. The van der Waals surface area contributed by atoms with Crippen molar-refractivity contribution >= 4 is 5.78 Å². The molecule has 0 aromatic heterocycles. The minimum Gasteiger partial charge on any atom is -0.363 e. The van der Waals surface area contributed by atoms with E-state index in [0.717, 1.165) is 11.1 Å². The van der Waals surface area contributed by atoms with E-state index in [1.54, 1.807) is 0 Å². The van der Waals surface area contributed by atoms with Crippen LogP contribution >= 0.6 is 0 Å². The Morgan fingerprint density at radius 1 is 1.00 bits per heavy atom. The van der Waals surface area contributed by atoms with Gasteiger partial charge in [0.05, 0.1) is 13.2 Å². The first-order valence-electron chi connectivity index (χ1n) is 8.96. The number of rotatable bonds is 5. The molecule has 142 valence electrons. The van der Waals surface area contributed by atoms with Crippen molar-refractivity contribution in [2.75, 3.05) is 13.7 Å². The minimum atomic E-state index is -0.979. The van der Waals surface area contributed by atoms with E-state index >= 15 is 0 Å². The van der Waals surface area contributed by atoms with Crippen molar-refractivity contribution in [1.82, 2.24) is 0 Å². The van der Waals surface area contributed by atoms with E-state index in [1.165, 1.54) is 7.11 Å². The zero-order chi connectivity index (χ0) is 18.6. The Balaban J connectivity index is 1.52. The van der Waals surface area contributed by atoms with Crippen LogP contribution in [0.15, 0.2) is 60.7 Å². The van der Waals surface area contributed by atoms with Crippen molar-refractivity contribution in [2.45, 2.75) is 37.5 Å². The third-order valence-electron chi connectivity index (χ3n) is 4.73. The van der Waals surface area contributed by atoms with Crippen molar-refractivity contribution < 1.29 is 28.5 Å². The Kier molecular flexibility index (Phi) is 5.61. The van der Waals surface area contributed by atoms with Gasteiger partial charge in [0.1, 0.15) is 12.2 Å². The molecule has 0 spiro atoms. The van der Waals surface area contributed by atoms with Crippen molar-refractivity contribution in [3.63, 3.8) is 0 Å². The molecule has 6 heteroatoms. The van der Waals surface area contributed by atoms with Gasteiger partial charge in [0.25, 0.3) is 0 Å². The number of hydrogen-bond acceptors (Lipinski definition) is 6. The summed E-state index contributed by atoms with van der Waals surface area (Å²) in [4.78, 5) is 12.8. The van der Waals surface area contributed by atoms with Crippen LogP contribution in [-0.2, 0) is 35.1 Å². The number of carbonyl (C=O) groups is 1. The van der Waals surface area contributed by atoms with Crippen LogP contribution in [0.2, 0.25) is 0 Å². The van der Waals surface area contributed by atoms with E-state index in [1.807, 2.05) is 60.7 Å². The van der Waals surface area contributed by atoms with Gasteiger partial charge in [-0.15, -0.1) is 0 Å². The van der Waals surface area contributed by atoms with Crippen molar-refractivity contribution in [2.24, 2.45) is 0 Å². The Morgan fingerprint density at radius 2 is 1.70 bits per heavy atom. The van der Waals surface area contributed by atoms with Gasteiger partial charge in [-0.1, -0.05) is 60.7 Å². The van der Waals surface area contributed by atoms with Gasteiger partial charge in [-0.25, -0.2) is 0 Å². The Bertz CT molecular complexity index is 750. The molecule has 2 aliphatic heterocycles. The van der Waals surface area contributed by atoms with E-state index < -0.39 is 30.9 Å². The molecule has 0 aliphatic carbocycles. The quantitative estimate of drug-likeness (QED) is 0.806. The van der Waals surface area contributed by atoms with Gasteiger partial charge in [-0.2, -0.15) is 0 Å². The number of Topliss-reactive ketones (excluding diaryl/α,β-unsaturated/α-hetero) is 1. The number of benzene rings is 2. The van der Waals surface area contributed by atoms with Crippen molar-refractivity contribution in [3.8, 4) is 0 Å². The number of fused-ring (bicyclic) bond motifs is 1. The van der Waals surface area contributed by atoms with Crippen LogP contribution in [0.5, 0.6) is 0 Å². The maximum atomic E-state index is 12.8. The molecule has 2 heterocycles. The Hall–Kier alpha value is -2.09. The van der Waals surface area contributed by atoms with E-state index in [2.05, 4.69) is 0 Å². The summed E-state index contributed by atoms with van der Waals surface area (Å²) in [6.45, 7) is 0.597. The highest BCUT2D eigenvalue weighted by Gasteiger charge is 2.50. The van der Waals surface area contributed by atoms with Gasteiger partial charge >= 0.3 is 0 Å². The maximum Gasteiger partial charge on any atom is 0.220 e. The highest BCUT2D eigenvalue weighted by Crippen LogP contribution is 2.34. The summed E-state index contributed by atoms with van der Waals surface area (Å²) in [5.41, 5.74) is 1.87. The standard InChI is InChI=1S/C21H22O6/c1-23-21-17(22)19(24-12-14-8-4-2-5-9-14)18-16(26-21)13-25-20(27-18)15-10-6-3-7-11-15/h2-11,16,18-21H,12-13H2,1H3/t16-,18+,19-,20-,21-/m1/s1. The Labute approximate surface area is 157 Å². The zero-order valence-electron chi connectivity index (χ0n) is 15.0. The normalized spacial score (nSPS) is 30.7. The molecule has 0 saturated carbocycles. The largest absolute Gasteiger partial charge is 0.363 e. The average Bonchev–Trinajstić information content (AvgIpc) is 2.74. The number of ether oxygens (including phenoxy) is 5. The molecular weight excluding hydrogens is 348 g/mol. The molecule has 2 aliphatic rings. The molecule has 2 aromatic rings. The van der Waals surface area contributed by atoms with Gasteiger partial charge in [-0.3, -0.25) is 4.79 Å². The van der Waals surface area contributed by atoms with Crippen molar-refractivity contribution in [3.05, 3.63) is 71.8 Å². The fourth-order valence-corrected chi connectivity index (χ4v) is 3.35. The summed E-state index contributed by atoms with van der Waals surface area (Å²) >= 11 is 0. The van der Waals surface area contributed by atoms with Crippen LogP contribution in [-0.4, -0.2) is 44.1 Å². The first-order chi connectivity index (χ1) is 13.3. The number of methoxy groups -OCH3 is 1. The van der Waals surface area contributed by atoms with Gasteiger partial charge in [0.15, 0.2) is 12.4 Å². The highest BCUT2D eigenvalue weighted by molar-refractivity contribution is 5.87. The summed E-state index contributed by atoms with van der Waals surface area (Å²) in [5.74, 6) is -0.275. The second-order valence-corrected chi connectivity index (χ2v) is 6.54. The van der Waals surface area contributed by atoms with Gasteiger partial charge in [-0.05, 0) is 5.56 Å². The van der Waals surface area contributed by atoms with E-state index in [9.17, 15) is 4.79 Å². The summed E-state index contributed by atoms with van der Waals surface area (Å²) in [6.07, 6.45) is -3.33. The lowest BCUT2D eigenvalue weighted by molar-refractivity contribution is -0.321. The Morgan fingerprint density at radius 3 is 2.41 bits per heavy atom. The van der Waals surface area contributed by atoms with Crippen LogP contribution in [0.3, 0.4) is 0 Å². The second kappa shape index (κ2) is 8.29. The third-order valence-corrected chi connectivity index (χ3v) is 4.73. The lowest BCUT2D eigenvalue weighted by Gasteiger charge is -2.44. The molecule has 0 unspecified atom stereocenters. The lowest BCUT2D eigenvalue weighted by Crippen LogP contribution is -2.61. The molecule has 4 rings (SSSR count). The molecule has 27 heavy (non-hydrogen) atoms. The van der Waals surface area contributed by atoms with Crippen LogP contribution in [0.25, 0.3) is 0 Å². The number of hydrogen-bond donors (Lipinski definition) is 0. The molecular formula is C21H22O6. The third kappa shape index (κ3) is 3.95. The fraction of sp³-hybridized carbons (Fsp3) is 0.381. The zero-order valence-corrected chi connectivity index (χ0v) is 15.0. The minimum absolute atomic E-state index is 0.275. The van der Waals surface area contributed by atoms with E-state index in [-0.39, 0.29) is 5.78 Å². The summed E-state index contributed by atoms with van der Waals surface area (Å²) in [7, 11) is 1.44. The van der Waals surface area contributed by atoms with E-state index in [4.69, 9.17) is 23.7 Å². The molecule has 6 nitrogen and oxygen atoms in total. The molecule has 2 saturated heterocycles. The maximum absolute atomic E-state index is 12.8. The fourth-order valence-electron chi connectivity index (χ4n) is 3.35. The lowest BCUT2D eigenvalue weighted by atomic mass is 9.98. The SMILES string of the molecule is CO[C@@H]1O[C@@H]2CO[C@@H](c3ccccc3)O[C@@H]2[C@H](OCc2ccccc2)C1=O.